The van der Waals surface area contributed by atoms with Gasteiger partial charge in [0.25, 0.3) is 0 Å². The molecular formula is C18H20N2O3S. The van der Waals surface area contributed by atoms with Crippen molar-refractivity contribution in [2.24, 2.45) is 0 Å². The van der Waals surface area contributed by atoms with E-state index >= 15 is 0 Å². The van der Waals surface area contributed by atoms with Gasteiger partial charge in [0, 0.05) is 30.6 Å². The van der Waals surface area contributed by atoms with E-state index in [9.17, 15) is 9.59 Å². The molecule has 0 saturated carbocycles. The van der Waals surface area contributed by atoms with Gasteiger partial charge in [0.2, 0.25) is 11.8 Å². The van der Waals surface area contributed by atoms with Gasteiger partial charge in [-0.3, -0.25) is 9.59 Å². The van der Waals surface area contributed by atoms with Crippen molar-refractivity contribution in [2.75, 3.05) is 25.6 Å². The van der Waals surface area contributed by atoms with Crippen LogP contribution < -0.4 is 5.32 Å². The summed E-state index contributed by atoms with van der Waals surface area (Å²) in [4.78, 5) is 28.0. The minimum absolute atomic E-state index is 0.0252. The molecular weight excluding hydrogens is 324 g/mol. The Bertz CT molecular complexity index is 715. The van der Waals surface area contributed by atoms with Gasteiger partial charge < -0.3 is 15.0 Å². The molecule has 24 heavy (non-hydrogen) atoms. The van der Waals surface area contributed by atoms with Gasteiger partial charge in [-0.25, -0.2) is 0 Å². The average Bonchev–Trinajstić information content (AvgIpc) is 3.10. The quantitative estimate of drug-likeness (QED) is 0.877. The van der Waals surface area contributed by atoms with Crippen LogP contribution in [-0.4, -0.2) is 37.0 Å². The van der Waals surface area contributed by atoms with Crippen molar-refractivity contribution in [1.82, 2.24) is 4.90 Å². The van der Waals surface area contributed by atoms with E-state index in [0.717, 1.165) is 16.1 Å². The number of rotatable bonds is 6. The Balaban J connectivity index is 1.85. The van der Waals surface area contributed by atoms with E-state index in [0.29, 0.717) is 19.7 Å². The Morgan fingerprint density at radius 3 is 2.92 bits per heavy atom. The maximum absolute atomic E-state index is 13.1. The van der Waals surface area contributed by atoms with E-state index in [-0.39, 0.29) is 18.2 Å². The normalized spacial score (nSPS) is 16.4. The molecule has 6 heteroatoms. The van der Waals surface area contributed by atoms with Crippen molar-refractivity contribution in [3.63, 3.8) is 0 Å². The van der Waals surface area contributed by atoms with Gasteiger partial charge in [-0.15, -0.1) is 11.3 Å². The highest BCUT2D eigenvalue weighted by Gasteiger charge is 2.33. The molecule has 1 aromatic carbocycles. The van der Waals surface area contributed by atoms with E-state index in [2.05, 4.69) is 5.32 Å². The van der Waals surface area contributed by atoms with E-state index in [1.54, 1.807) is 23.3 Å². The van der Waals surface area contributed by atoms with E-state index in [1.165, 1.54) is 0 Å². The fourth-order valence-electron chi connectivity index (χ4n) is 2.91. The van der Waals surface area contributed by atoms with E-state index in [4.69, 9.17) is 4.74 Å². The molecule has 2 aromatic rings. The summed E-state index contributed by atoms with van der Waals surface area (Å²) in [6.45, 7) is 1.52. The highest BCUT2D eigenvalue weighted by Crippen LogP contribution is 2.33. The zero-order valence-electron chi connectivity index (χ0n) is 13.5. The average molecular weight is 344 g/mol. The number of benzene rings is 1. The minimum atomic E-state index is -0.438. The number of thiophene rings is 1. The van der Waals surface area contributed by atoms with Crippen LogP contribution in [0.3, 0.4) is 0 Å². The van der Waals surface area contributed by atoms with Crippen molar-refractivity contribution in [3.05, 3.63) is 52.2 Å². The van der Waals surface area contributed by atoms with Crippen LogP contribution in [0.1, 0.15) is 22.8 Å². The molecule has 126 valence electrons. The molecule has 1 N–H and O–H groups in total. The molecule has 0 spiro atoms. The highest BCUT2D eigenvalue weighted by atomic mass is 32.1. The van der Waals surface area contributed by atoms with E-state index < -0.39 is 5.92 Å². The Morgan fingerprint density at radius 1 is 1.33 bits per heavy atom. The lowest BCUT2D eigenvalue weighted by atomic mass is 9.89. The van der Waals surface area contributed by atoms with Crippen molar-refractivity contribution in [3.8, 4) is 0 Å². The summed E-state index contributed by atoms with van der Waals surface area (Å²) in [5.41, 5.74) is 1.62. The number of carbonyl (C=O) groups excluding carboxylic acids is 2. The standard InChI is InChI=1S/C18H20N2O3S/c1-23-9-8-20(12-13-5-4-10-24-13)18(22)15-11-17(21)19-16-7-3-2-6-14(15)16/h2-7,10,15H,8-9,11-12H2,1H3,(H,19,21)/t15-/m0/s1. The van der Waals surface area contributed by atoms with E-state index in [1.807, 2.05) is 41.8 Å². The van der Waals surface area contributed by atoms with Crippen LogP contribution in [0.2, 0.25) is 0 Å². The topological polar surface area (TPSA) is 58.6 Å². The Labute approximate surface area is 145 Å². The number of ether oxygens (including phenoxy) is 1. The lowest BCUT2D eigenvalue weighted by Crippen LogP contribution is -2.39. The lowest BCUT2D eigenvalue weighted by Gasteiger charge is -2.30. The van der Waals surface area contributed by atoms with Gasteiger partial charge in [-0.2, -0.15) is 0 Å². The fourth-order valence-corrected chi connectivity index (χ4v) is 3.63. The first-order valence-corrected chi connectivity index (χ1v) is 8.76. The third kappa shape index (κ3) is 3.66. The summed E-state index contributed by atoms with van der Waals surface area (Å²) in [5.74, 6) is -0.579. The molecule has 1 aliphatic heterocycles. The van der Waals surface area contributed by atoms with Gasteiger partial charge in [0.15, 0.2) is 0 Å². The third-order valence-electron chi connectivity index (χ3n) is 4.10. The monoisotopic (exact) mass is 344 g/mol. The van der Waals surface area contributed by atoms with Crippen LogP contribution in [0.15, 0.2) is 41.8 Å². The summed E-state index contributed by atoms with van der Waals surface area (Å²) >= 11 is 1.62. The molecule has 0 radical (unpaired) electrons. The number of hydrogen-bond donors (Lipinski definition) is 1. The van der Waals surface area contributed by atoms with Gasteiger partial charge in [-0.05, 0) is 23.1 Å². The summed E-state index contributed by atoms with van der Waals surface area (Å²) in [6.07, 6.45) is 0.184. The minimum Gasteiger partial charge on any atom is -0.383 e. The number of para-hydroxylation sites is 1. The molecule has 0 aliphatic carbocycles. The Hall–Kier alpha value is -2.18. The van der Waals surface area contributed by atoms with Crippen LogP contribution in [0.25, 0.3) is 0 Å². The second-order valence-corrected chi connectivity index (χ2v) is 6.76. The zero-order valence-corrected chi connectivity index (χ0v) is 14.3. The third-order valence-corrected chi connectivity index (χ3v) is 4.96. The molecule has 0 fully saturated rings. The molecule has 1 aromatic heterocycles. The van der Waals surface area contributed by atoms with Crippen LogP contribution in [0.4, 0.5) is 5.69 Å². The molecule has 2 amide bonds. The number of methoxy groups -OCH3 is 1. The van der Waals surface area contributed by atoms with Gasteiger partial charge in [0.05, 0.1) is 19.1 Å². The summed E-state index contributed by atoms with van der Waals surface area (Å²) < 4.78 is 5.15. The summed E-state index contributed by atoms with van der Waals surface area (Å²) in [7, 11) is 1.62. The zero-order chi connectivity index (χ0) is 16.9. The number of hydrogen-bond acceptors (Lipinski definition) is 4. The molecule has 5 nitrogen and oxygen atoms in total. The Morgan fingerprint density at radius 2 is 2.17 bits per heavy atom. The second-order valence-electron chi connectivity index (χ2n) is 5.72. The van der Waals surface area contributed by atoms with Gasteiger partial charge in [-0.1, -0.05) is 24.3 Å². The molecule has 1 atom stereocenters. The highest BCUT2D eigenvalue weighted by molar-refractivity contribution is 7.09. The SMILES string of the molecule is COCCN(Cc1cccs1)C(=O)[C@H]1CC(=O)Nc2ccccc21. The molecule has 1 aliphatic rings. The summed E-state index contributed by atoms with van der Waals surface area (Å²) in [6, 6.07) is 11.5. The number of nitrogens with zero attached hydrogens (tertiary/aromatic N) is 1. The molecule has 2 heterocycles. The predicted octanol–water partition coefficient (Wildman–Crippen LogP) is 2.85. The maximum atomic E-state index is 13.1. The maximum Gasteiger partial charge on any atom is 0.231 e. The van der Waals surface area contributed by atoms with Gasteiger partial charge in [0.1, 0.15) is 0 Å². The second kappa shape index (κ2) is 7.59. The van der Waals surface area contributed by atoms with Crippen LogP contribution in [0.5, 0.6) is 0 Å². The van der Waals surface area contributed by atoms with Crippen molar-refractivity contribution in [1.29, 1.82) is 0 Å². The lowest BCUT2D eigenvalue weighted by molar-refractivity contribution is -0.136. The first-order valence-electron chi connectivity index (χ1n) is 7.88. The number of fused-ring (bicyclic) bond motifs is 1. The number of anilines is 1. The molecule has 0 saturated heterocycles. The summed E-state index contributed by atoms with van der Waals surface area (Å²) in [5, 5.41) is 4.84. The largest absolute Gasteiger partial charge is 0.383 e. The van der Waals surface area contributed by atoms with Crippen molar-refractivity contribution < 1.29 is 14.3 Å². The van der Waals surface area contributed by atoms with Crippen LogP contribution >= 0.6 is 11.3 Å². The number of amides is 2. The van der Waals surface area contributed by atoms with Crippen molar-refractivity contribution in [2.45, 2.75) is 18.9 Å². The first kappa shape index (κ1) is 16.7. The predicted molar refractivity (Wildman–Crippen MR) is 94.0 cm³/mol. The molecule has 0 bridgehead atoms. The smallest absolute Gasteiger partial charge is 0.231 e. The molecule has 0 unspecified atom stereocenters. The van der Waals surface area contributed by atoms with Gasteiger partial charge >= 0.3 is 0 Å². The first-order chi connectivity index (χ1) is 11.7. The number of carbonyl (C=O) groups is 2. The molecule has 3 rings (SSSR count). The number of nitrogens with one attached hydrogen (secondary N) is 1. The van der Waals surface area contributed by atoms with Crippen molar-refractivity contribution >= 4 is 28.8 Å². The Kier molecular flexibility index (Phi) is 5.27. The van der Waals surface area contributed by atoms with Crippen LogP contribution in [-0.2, 0) is 20.9 Å². The van der Waals surface area contributed by atoms with Crippen LogP contribution in [0, 0.1) is 0 Å². The fraction of sp³-hybridized carbons (Fsp3) is 0.333.